The third-order valence-electron chi connectivity index (χ3n) is 6.02. The van der Waals surface area contributed by atoms with Crippen LogP contribution in [0, 0.1) is 5.92 Å². The Kier molecular flexibility index (Phi) is 4.76. The van der Waals surface area contributed by atoms with Gasteiger partial charge in [-0.3, -0.25) is 9.59 Å². The first-order chi connectivity index (χ1) is 13.1. The number of amides is 2. The average molecular weight is 372 g/mol. The van der Waals surface area contributed by atoms with Gasteiger partial charge in [0.2, 0.25) is 5.91 Å². The number of carboxylic acid groups (broad SMARTS) is 1. The fraction of sp³-hybridized carbons (Fsp3) is 0.550. The van der Waals surface area contributed by atoms with Gasteiger partial charge in [-0.2, -0.15) is 0 Å². The topological polar surface area (TPSA) is 87.2 Å². The van der Waals surface area contributed by atoms with Crippen LogP contribution in [0.3, 0.4) is 0 Å². The van der Waals surface area contributed by atoms with Gasteiger partial charge in [-0.1, -0.05) is 25.0 Å². The van der Waals surface area contributed by atoms with Gasteiger partial charge in [0.1, 0.15) is 11.8 Å². The van der Waals surface area contributed by atoms with Gasteiger partial charge in [-0.15, -0.1) is 0 Å². The number of carbonyl (C=O) groups excluding carboxylic acids is 2. The molecule has 1 aromatic carbocycles. The molecule has 0 spiro atoms. The van der Waals surface area contributed by atoms with E-state index in [9.17, 15) is 19.5 Å². The highest BCUT2D eigenvalue weighted by Crippen LogP contribution is 2.40. The zero-order chi connectivity index (χ0) is 19.0. The highest BCUT2D eigenvalue weighted by atomic mass is 16.5. The summed E-state index contributed by atoms with van der Waals surface area (Å²) in [5, 5.41) is 9.59. The summed E-state index contributed by atoms with van der Waals surface area (Å²) in [6.07, 6.45) is 4.67. The Labute approximate surface area is 157 Å². The number of carboxylic acids is 1. The minimum Gasteiger partial charge on any atom is -0.482 e. The van der Waals surface area contributed by atoms with E-state index in [0.29, 0.717) is 17.9 Å². The van der Waals surface area contributed by atoms with Gasteiger partial charge in [0, 0.05) is 19.0 Å². The second-order valence-corrected chi connectivity index (χ2v) is 7.55. The minimum absolute atomic E-state index is 0.0278. The van der Waals surface area contributed by atoms with Gasteiger partial charge in [0.05, 0.1) is 5.69 Å². The number of anilines is 1. The molecule has 0 bridgehead atoms. The van der Waals surface area contributed by atoms with Gasteiger partial charge in [-0.25, -0.2) is 4.79 Å². The molecule has 1 N–H and O–H groups in total. The second-order valence-electron chi connectivity index (χ2n) is 7.55. The molecule has 7 nitrogen and oxygen atoms in total. The summed E-state index contributed by atoms with van der Waals surface area (Å²) in [4.78, 5) is 40.1. The zero-order valence-corrected chi connectivity index (χ0v) is 15.2. The molecule has 1 saturated carbocycles. The molecule has 0 unspecified atom stereocenters. The van der Waals surface area contributed by atoms with Crippen molar-refractivity contribution in [1.29, 1.82) is 0 Å². The van der Waals surface area contributed by atoms with E-state index in [2.05, 4.69) is 0 Å². The smallest absolute Gasteiger partial charge is 0.326 e. The van der Waals surface area contributed by atoms with Crippen LogP contribution in [0.2, 0.25) is 0 Å². The predicted molar refractivity (Wildman–Crippen MR) is 97.5 cm³/mol. The van der Waals surface area contributed by atoms with Crippen molar-refractivity contribution in [3.05, 3.63) is 24.3 Å². The highest BCUT2D eigenvalue weighted by molar-refractivity contribution is 5.98. The number of para-hydroxylation sites is 2. The van der Waals surface area contributed by atoms with Crippen LogP contribution in [0.4, 0.5) is 5.69 Å². The Balaban J connectivity index is 1.48. The number of carbonyl (C=O) groups is 3. The Bertz CT molecular complexity index is 764. The van der Waals surface area contributed by atoms with E-state index in [-0.39, 0.29) is 43.3 Å². The monoisotopic (exact) mass is 372 g/mol. The molecule has 1 aromatic rings. The number of nitrogens with zero attached hydrogens (tertiary/aromatic N) is 2. The number of rotatable bonds is 4. The summed E-state index contributed by atoms with van der Waals surface area (Å²) in [6, 6.07) is 6.54. The molecule has 2 aliphatic heterocycles. The molecule has 2 fully saturated rings. The van der Waals surface area contributed by atoms with Crippen molar-refractivity contribution in [2.45, 2.75) is 50.6 Å². The van der Waals surface area contributed by atoms with Crippen molar-refractivity contribution in [1.82, 2.24) is 4.90 Å². The molecule has 27 heavy (non-hydrogen) atoms. The van der Waals surface area contributed by atoms with Crippen LogP contribution in [0.1, 0.15) is 38.5 Å². The molecule has 4 rings (SSSR count). The molecule has 3 aliphatic rings. The van der Waals surface area contributed by atoms with Crippen molar-refractivity contribution in [2.24, 2.45) is 5.92 Å². The first-order valence-corrected chi connectivity index (χ1v) is 9.62. The number of benzene rings is 1. The Hall–Kier alpha value is -2.57. The van der Waals surface area contributed by atoms with E-state index in [1.54, 1.807) is 21.9 Å². The van der Waals surface area contributed by atoms with Gasteiger partial charge >= 0.3 is 5.97 Å². The van der Waals surface area contributed by atoms with Crippen molar-refractivity contribution < 1.29 is 24.2 Å². The lowest BCUT2D eigenvalue weighted by molar-refractivity contribution is -0.149. The largest absolute Gasteiger partial charge is 0.482 e. The van der Waals surface area contributed by atoms with Gasteiger partial charge in [0.25, 0.3) is 5.91 Å². The molecule has 7 heteroatoms. The van der Waals surface area contributed by atoms with Crippen LogP contribution in [0.15, 0.2) is 24.3 Å². The van der Waals surface area contributed by atoms with Gasteiger partial charge in [-0.05, 0) is 37.3 Å². The predicted octanol–water partition coefficient (Wildman–Crippen LogP) is 2.05. The molecule has 2 amide bonds. The molecule has 0 radical (unpaired) electrons. The fourth-order valence-electron chi connectivity index (χ4n) is 4.77. The van der Waals surface area contributed by atoms with Crippen LogP contribution >= 0.6 is 0 Å². The Morgan fingerprint density at radius 3 is 2.78 bits per heavy atom. The average Bonchev–Trinajstić information content (AvgIpc) is 3.07. The third-order valence-corrected chi connectivity index (χ3v) is 6.02. The van der Waals surface area contributed by atoms with E-state index in [4.69, 9.17) is 4.74 Å². The first-order valence-electron chi connectivity index (χ1n) is 9.62. The minimum atomic E-state index is -0.925. The second kappa shape index (κ2) is 7.21. The molecule has 0 aromatic heterocycles. The van der Waals surface area contributed by atoms with Crippen molar-refractivity contribution in [3.8, 4) is 5.75 Å². The normalized spacial score (nSPS) is 27.0. The van der Waals surface area contributed by atoms with Gasteiger partial charge < -0.3 is 19.6 Å². The fourth-order valence-corrected chi connectivity index (χ4v) is 4.77. The lowest BCUT2D eigenvalue weighted by Crippen LogP contribution is -2.48. The van der Waals surface area contributed by atoms with Crippen LogP contribution in [-0.4, -0.2) is 53.0 Å². The maximum absolute atomic E-state index is 13.0. The van der Waals surface area contributed by atoms with Crippen LogP contribution in [0.25, 0.3) is 0 Å². The van der Waals surface area contributed by atoms with E-state index < -0.39 is 12.0 Å². The zero-order valence-electron chi connectivity index (χ0n) is 15.2. The van der Waals surface area contributed by atoms with E-state index in [1.165, 1.54) is 0 Å². The molecular weight excluding hydrogens is 348 g/mol. The Morgan fingerprint density at radius 2 is 1.96 bits per heavy atom. The maximum Gasteiger partial charge on any atom is 0.326 e. The number of likely N-dealkylation sites (tertiary alicyclic amines) is 1. The summed E-state index contributed by atoms with van der Waals surface area (Å²) < 4.78 is 5.43. The maximum atomic E-state index is 13.0. The number of hydrogen-bond donors (Lipinski definition) is 1. The molecular formula is C20H24N2O5. The van der Waals surface area contributed by atoms with E-state index in [1.807, 2.05) is 12.1 Å². The Morgan fingerprint density at radius 1 is 1.19 bits per heavy atom. The standard InChI is InChI=1S/C20H24N2O5/c23-18(22-14-6-2-1-5-13(14)11-16(22)20(25)26)9-10-21-15-7-3-4-8-17(15)27-12-19(21)24/h3-4,7-8,13-14,16H,1-2,5-6,9-12H2,(H,25,26)/t13-,14+,16+/m1/s1. The molecule has 1 aliphatic carbocycles. The SMILES string of the molecule is O=C(O)[C@@H]1C[C@H]2CCCC[C@@H]2N1C(=O)CCN1C(=O)COc2ccccc21. The summed E-state index contributed by atoms with van der Waals surface area (Å²) in [5.41, 5.74) is 0.660. The molecule has 1 saturated heterocycles. The summed E-state index contributed by atoms with van der Waals surface area (Å²) in [5.74, 6) is -0.372. The number of ether oxygens (including phenoxy) is 1. The van der Waals surface area contributed by atoms with E-state index >= 15 is 0 Å². The van der Waals surface area contributed by atoms with Crippen molar-refractivity contribution in [2.75, 3.05) is 18.1 Å². The van der Waals surface area contributed by atoms with E-state index in [0.717, 1.165) is 25.7 Å². The molecule has 2 heterocycles. The molecule has 144 valence electrons. The molecule has 3 atom stereocenters. The highest BCUT2D eigenvalue weighted by Gasteiger charge is 2.47. The lowest BCUT2D eigenvalue weighted by atomic mass is 9.84. The van der Waals surface area contributed by atoms with Gasteiger partial charge in [0.15, 0.2) is 6.61 Å². The van der Waals surface area contributed by atoms with Crippen molar-refractivity contribution in [3.63, 3.8) is 0 Å². The first kappa shape index (κ1) is 17.8. The van der Waals surface area contributed by atoms with Crippen molar-refractivity contribution >= 4 is 23.5 Å². The number of fused-ring (bicyclic) bond motifs is 2. The third kappa shape index (κ3) is 3.26. The summed E-state index contributed by atoms with van der Waals surface area (Å²) in [6.45, 7) is 0.190. The summed E-state index contributed by atoms with van der Waals surface area (Å²) >= 11 is 0. The summed E-state index contributed by atoms with van der Waals surface area (Å²) in [7, 11) is 0. The van der Waals surface area contributed by atoms with Crippen LogP contribution in [-0.2, 0) is 14.4 Å². The number of aliphatic carboxylic acids is 1. The lowest BCUT2D eigenvalue weighted by Gasteiger charge is -2.34. The van der Waals surface area contributed by atoms with Crippen LogP contribution in [0.5, 0.6) is 5.75 Å². The van der Waals surface area contributed by atoms with Crippen LogP contribution < -0.4 is 9.64 Å². The number of hydrogen-bond acceptors (Lipinski definition) is 4. The quantitative estimate of drug-likeness (QED) is 0.874.